The van der Waals surface area contributed by atoms with E-state index in [4.69, 9.17) is 5.73 Å². The number of benzene rings is 1. The summed E-state index contributed by atoms with van der Waals surface area (Å²) in [5.41, 5.74) is 7.95. The highest BCUT2D eigenvalue weighted by molar-refractivity contribution is 5.56. The van der Waals surface area contributed by atoms with Crippen molar-refractivity contribution in [3.05, 3.63) is 29.8 Å². The SMILES string of the molecule is Cc1cccc(Nc2nc(N)nc(N3CCCCC3)n2)c1. The second-order valence-electron chi connectivity index (χ2n) is 5.36. The van der Waals surface area contributed by atoms with Gasteiger partial charge in [-0.3, -0.25) is 0 Å². The minimum absolute atomic E-state index is 0.251. The summed E-state index contributed by atoms with van der Waals surface area (Å²) in [6.07, 6.45) is 3.62. The lowest BCUT2D eigenvalue weighted by Crippen LogP contribution is -2.31. The monoisotopic (exact) mass is 284 g/mol. The molecule has 1 aromatic heterocycles. The van der Waals surface area contributed by atoms with Gasteiger partial charge in [-0.15, -0.1) is 0 Å². The van der Waals surface area contributed by atoms with Gasteiger partial charge in [0.05, 0.1) is 0 Å². The van der Waals surface area contributed by atoms with E-state index in [1.807, 2.05) is 31.2 Å². The maximum Gasteiger partial charge on any atom is 0.233 e. The highest BCUT2D eigenvalue weighted by atomic mass is 15.3. The van der Waals surface area contributed by atoms with E-state index in [-0.39, 0.29) is 5.95 Å². The van der Waals surface area contributed by atoms with Gasteiger partial charge in [-0.2, -0.15) is 15.0 Å². The molecule has 6 nitrogen and oxygen atoms in total. The quantitative estimate of drug-likeness (QED) is 0.901. The van der Waals surface area contributed by atoms with E-state index < -0.39 is 0 Å². The lowest BCUT2D eigenvalue weighted by molar-refractivity contribution is 0.568. The van der Waals surface area contributed by atoms with Crippen LogP contribution in [0.1, 0.15) is 24.8 Å². The average molecular weight is 284 g/mol. The number of nitrogen functional groups attached to an aromatic ring is 1. The van der Waals surface area contributed by atoms with Gasteiger partial charge in [-0.05, 0) is 43.9 Å². The van der Waals surface area contributed by atoms with Crippen LogP contribution in [0, 0.1) is 6.92 Å². The number of nitrogens with one attached hydrogen (secondary N) is 1. The number of nitrogens with zero attached hydrogens (tertiary/aromatic N) is 4. The third-order valence-corrected chi connectivity index (χ3v) is 3.55. The molecule has 1 saturated heterocycles. The Morgan fingerprint density at radius 3 is 2.67 bits per heavy atom. The van der Waals surface area contributed by atoms with Gasteiger partial charge in [-0.1, -0.05) is 12.1 Å². The van der Waals surface area contributed by atoms with E-state index in [1.54, 1.807) is 0 Å². The molecule has 110 valence electrons. The van der Waals surface area contributed by atoms with Crippen molar-refractivity contribution < 1.29 is 0 Å². The summed E-state index contributed by atoms with van der Waals surface area (Å²) < 4.78 is 0. The summed E-state index contributed by atoms with van der Waals surface area (Å²) in [6.45, 7) is 4.01. The van der Waals surface area contributed by atoms with Crippen LogP contribution in [0.15, 0.2) is 24.3 Å². The maximum absolute atomic E-state index is 5.82. The predicted molar refractivity (Wildman–Crippen MR) is 84.8 cm³/mol. The minimum atomic E-state index is 0.251. The number of piperidine rings is 1. The van der Waals surface area contributed by atoms with Crippen molar-refractivity contribution in [2.75, 3.05) is 29.0 Å². The summed E-state index contributed by atoms with van der Waals surface area (Å²) >= 11 is 0. The van der Waals surface area contributed by atoms with Gasteiger partial charge in [0.25, 0.3) is 0 Å². The Labute approximate surface area is 124 Å². The standard InChI is InChI=1S/C15H20N6/c1-11-6-5-7-12(10-11)17-14-18-13(16)19-15(20-14)21-8-3-2-4-9-21/h5-7,10H,2-4,8-9H2,1H3,(H3,16,17,18,19,20). The normalized spacial score (nSPS) is 15.0. The zero-order valence-corrected chi connectivity index (χ0v) is 12.2. The molecule has 2 aromatic rings. The second kappa shape index (κ2) is 5.95. The van der Waals surface area contributed by atoms with Crippen molar-refractivity contribution in [2.45, 2.75) is 26.2 Å². The summed E-state index contributed by atoms with van der Waals surface area (Å²) in [6, 6.07) is 8.06. The van der Waals surface area contributed by atoms with E-state index >= 15 is 0 Å². The van der Waals surface area contributed by atoms with E-state index in [9.17, 15) is 0 Å². The van der Waals surface area contributed by atoms with Crippen molar-refractivity contribution in [1.29, 1.82) is 0 Å². The van der Waals surface area contributed by atoms with Gasteiger partial charge < -0.3 is 16.0 Å². The van der Waals surface area contributed by atoms with Crippen LogP contribution in [0.5, 0.6) is 0 Å². The van der Waals surface area contributed by atoms with Gasteiger partial charge >= 0.3 is 0 Å². The Hall–Kier alpha value is -2.37. The highest BCUT2D eigenvalue weighted by Gasteiger charge is 2.15. The number of nitrogens with two attached hydrogens (primary N) is 1. The molecule has 0 unspecified atom stereocenters. The number of rotatable bonds is 3. The van der Waals surface area contributed by atoms with Gasteiger partial charge in [0.15, 0.2) is 0 Å². The molecular weight excluding hydrogens is 264 g/mol. The molecule has 0 amide bonds. The van der Waals surface area contributed by atoms with Crippen molar-refractivity contribution in [2.24, 2.45) is 0 Å². The Bertz CT molecular complexity index is 621. The van der Waals surface area contributed by atoms with Crippen LogP contribution in [0.2, 0.25) is 0 Å². The van der Waals surface area contributed by atoms with Crippen molar-refractivity contribution in [3.63, 3.8) is 0 Å². The zero-order chi connectivity index (χ0) is 14.7. The summed E-state index contributed by atoms with van der Waals surface area (Å²) in [5.74, 6) is 1.41. The molecule has 1 fully saturated rings. The minimum Gasteiger partial charge on any atom is -0.368 e. The molecule has 1 aliphatic rings. The molecular formula is C15H20N6. The van der Waals surface area contributed by atoms with Crippen molar-refractivity contribution in [3.8, 4) is 0 Å². The molecule has 0 saturated carbocycles. The first kappa shape index (κ1) is 13.6. The van der Waals surface area contributed by atoms with Crippen molar-refractivity contribution >= 4 is 23.5 Å². The van der Waals surface area contributed by atoms with Crippen LogP contribution < -0.4 is 16.0 Å². The van der Waals surface area contributed by atoms with Gasteiger partial charge in [0.2, 0.25) is 17.8 Å². The predicted octanol–water partition coefficient (Wildman–Crippen LogP) is 2.50. The van der Waals surface area contributed by atoms with Crippen LogP contribution in [-0.2, 0) is 0 Å². The van der Waals surface area contributed by atoms with Crippen LogP contribution in [0.3, 0.4) is 0 Å². The molecule has 6 heteroatoms. The van der Waals surface area contributed by atoms with Crippen LogP contribution >= 0.6 is 0 Å². The molecule has 3 rings (SSSR count). The third kappa shape index (κ3) is 3.39. The Balaban J connectivity index is 1.83. The van der Waals surface area contributed by atoms with Crippen molar-refractivity contribution in [1.82, 2.24) is 15.0 Å². The van der Waals surface area contributed by atoms with E-state index in [0.717, 1.165) is 18.8 Å². The van der Waals surface area contributed by atoms with Crippen LogP contribution in [0.4, 0.5) is 23.5 Å². The maximum atomic E-state index is 5.82. The topological polar surface area (TPSA) is 80.0 Å². The highest BCUT2D eigenvalue weighted by Crippen LogP contribution is 2.20. The fourth-order valence-electron chi connectivity index (χ4n) is 2.52. The first-order valence-electron chi connectivity index (χ1n) is 7.31. The number of aromatic nitrogens is 3. The summed E-state index contributed by atoms with van der Waals surface area (Å²) in [5, 5.41) is 3.20. The number of hydrogen-bond donors (Lipinski definition) is 2. The molecule has 0 aliphatic carbocycles. The average Bonchev–Trinajstić information content (AvgIpc) is 2.47. The van der Waals surface area contributed by atoms with Gasteiger partial charge in [-0.25, -0.2) is 0 Å². The third-order valence-electron chi connectivity index (χ3n) is 3.55. The summed E-state index contributed by atoms with van der Waals surface area (Å²) in [4.78, 5) is 15.1. The first-order chi connectivity index (χ1) is 10.2. The van der Waals surface area contributed by atoms with Gasteiger partial charge in [0.1, 0.15) is 0 Å². The van der Waals surface area contributed by atoms with Crippen LogP contribution in [-0.4, -0.2) is 28.0 Å². The lowest BCUT2D eigenvalue weighted by Gasteiger charge is -2.26. The number of aryl methyl sites for hydroxylation is 1. The largest absolute Gasteiger partial charge is 0.368 e. The molecule has 0 radical (unpaired) electrons. The molecule has 0 spiro atoms. The zero-order valence-electron chi connectivity index (χ0n) is 12.2. The van der Waals surface area contributed by atoms with Gasteiger partial charge in [0, 0.05) is 18.8 Å². The second-order valence-corrected chi connectivity index (χ2v) is 5.36. The Morgan fingerprint density at radius 1 is 1.10 bits per heavy atom. The molecule has 21 heavy (non-hydrogen) atoms. The summed E-state index contributed by atoms with van der Waals surface area (Å²) in [7, 11) is 0. The molecule has 0 atom stereocenters. The van der Waals surface area contributed by atoms with Crippen LogP contribution in [0.25, 0.3) is 0 Å². The van der Waals surface area contributed by atoms with E-state index in [1.165, 1.54) is 24.8 Å². The first-order valence-corrected chi connectivity index (χ1v) is 7.31. The molecule has 0 bridgehead atoms. The van der Waals surface area contributed by atoms with E-state index in [0.29, 0.717) is 11.9 Å². The molecule has 1 aromatic carbocycles. The fraction of sp³-hybridized carbons (Fsp3) is 0.400. The molecule has 3 N–H and O–H groups in total. The van der Waals surface area contributed by atoms with E-state index in [2.05, 4.69) is 25.2 Å². The smallest absolute Gasteiger partial charge is 0.233 e. The lowest BCUT2D eigenvalue weighted by atomic mass is 10.1. The molecule has 1 aliphatic heterocycles. The number of hydrogen-bond acceptors (Lipinski definition) is 6. The Kier molecular flexibility index (Phi) is 3.85. The number of anilines is 4. The fourth-order valence-corrected chi connectivity index (χ4v) is 2.52. The molecule has 2 heterocycles. The Morgan fingerprint density at radius 2 is 1.90 bits per heavy atom.